The topological polar surface area (TPSA) is 12.0 Å². The highest BCUT2D eigenvalue weighted by atomic mass is 79.9. The molecule has 19 heavy (non-hydrogen) atoms. The first-order valence-electron chi connectivity index (χ1n) is 6.77. The van der Waals surface area contributed by atoms with E-state index in [1.54, 1.807) is 0 Å². The third-order valence-corrected chi connectivity index (χ3v) is 4.16. The van der Waals surface area contributed by atoms with Gasteiger partial charge in [0.2, 0.25) is 0 Å². The molecule has 2 aromatic carbocycles. The summed E-state index contributed by atoms with van der Waals surface area (Å²) in [4.78, 5) is 0. The minimum atomic E-state index is 0.320. The highest BCUT2D eigenvalue weighted by Gasteiger charge is 2.14. The molecule has 2 unspecified atom stereocenters. The SMILES string of the molecule is CCC(NC(C)c1ccccc1Br)c1ccccc1. The summed E-state index contributed by atoms with van der Waals surface area (Å²) in [6.45, 7) is 4.43. The van der Waals surface area contributed by atoms with Crippen molar-refractivity contribution in [3.05, 3.63) is 70.2 Å². The number of nitrogens with one attached hydrogen (secondary N) is 1. The Labute approximate surface area is 124 Å². The van der Waals surface area contributed by atoms with Crippen LogP contribution in [-0.4, -0.2) is 0 Å². The van der Waals surface area contributed by atoms with E-state index < -0.39 is 0 Å². The Morgan fingerprint density at radius 1 is 1.00 bits per heavy atom. The fourth-order valence-electron chi connectivity index (χ4n) is 2.35. The average molecular weight is 318 g/mol. The standard InChI is InChI=1S/C17H20BrN/c1-3-17(14-9-5-4-6-10-14)19-13(2)15-11-7-8-12-16(15)18/h4-13,17,19H,3H2,1-2H3. The first-order chi connectivity index (χ1) is 9.22. The molecule has 0 bridgehead atoms. The van der Waals surface area contributed by atoms with Crippen LogP contribution in [0.25, 0.3) is 0 Å². The van der Waals surface area contributed by atoms with E-state index in [2.05, 4.69) is 89.7 Å². The van der Waals surface area contributed by atoms with Crippen LogP contribution >= 0.6 is 15.9 Å². The zero-order valence-corrected chi connectivity index (χ0v) is 13.0. The fraction of sp³-hybridized carbons (Fsp3) is 0.294. The van der Waals surface area contributed by atoms with Gasteiger partial charge in [-0.15, -0.1) is 0 Å². The molecule has 0 heterocycles. The molecule has 1 N–H and O–H groups in total. The van der Waals surface area contributed by atoms with Crippen molar-refractivity contribution >= 4 is 15.9 Å². The third kappa shape index (κ3) is 3.68. The molecule has 100 valence electrons. The van der Waals surface area contributed by atoms with Crippen LogP contribution in [0.15, 0.2) is 59.1 Å². The van der Waals surface area contributed by atoms with Crippen molar-refractivity contribution in [2.45, 2.75) is 32.4 Å². The molecule has 0 saturated carbocycles. The fourth-order valence-corrected chi connectivity index (χ4v) is 2.98. The molecule has 2 heteroatoms. The largest absolute Gasteiger partial charge is 0.303 e. The van der Waals surface area contributed by atoms with E-state index in [4.69, 9.17) is 0 Å². The zero-order chi connectivity index (χ0) is 13.7. The van der Waals surface area contributed by atoms with Crippen LogP contribution in [0.2, 0.25) is 0 Å². The van der Waals surface area contributed by atoms with Crippen molar-refractivity contribution in [2.24, 2.45) is 0 Å². The molecular weight excluding hydrogens is 298 g/mol. The number of hydrogen-bond donors (Lipinski definition) is 1. The number of benzene rings is 2. The van der Waals surface area contributed by atoms with Crippen LogP contribution in [0.5, 0.6) is 0 Å². The minimum Gasteiger partial charge on any atom is -0.303 e. The molecule has 1 nitrogen and oxygen atoms in total. The highest BCUT2D eigenvalue weighted by Crippen LogP contribution is 2.26. The molecule has 0 radical (unpaired) electrons. The first kappa shape index (κ1) is 14.3. The lowest BCUT2D eigenvalue weighted by molar-refractivity contribution is 0.455. The molecule has 0 amide bonds. The summed E-state index contributed by atoms with van der Waals surface area (Å²) in [6.07, 6.45) is 1.08. The number of rotatable bonds is 5. The lowest BCUT2D eigenvalue weighted by Crippen LogP contribution is -2.24. The van der Waals surface area contributed by atoms with Crippen LogP contribution in [0.1, 0.15) is 43.5 Å². The maximum absolute atomic E-state index is 3.71. The monoisotopic (exact) mass is 317 g/mol. The molecule has 0 saturated heterocycles. The first-order valence-corrected chi connectivity index (χ1v) is 7.57. The van der Waals surface area contributed by atoms with Gasteiger partial charge >= 0.3 is 0 Å². The molecular formula is C17H20BrN. The Kier molecular flexibility index (Phi) is 5.17. The van der Waals surface area contributed by atoms with Crippen LogP contribution in [0, 0.1) is 0 Å². The third-order valence-electron chi connectivity index (χ3n) is 3.43. The van der Waals surface area contributed by atoms with E-state index >= 15 is 0 Å². The van der Waals surface area contributed by atoms with Crippen molar-refractivity contribution in [1.29, 1.82) is 0 Å². The van der Waals surface area contributed by atoms with E-state index in [0.717, 1.165) is 10.9 Å². The Morgan fingerprint density at radius 3 is 2.26 bits per heavy atom. The zero-order valence-electron chi connectivity index (χ0n) is 11.4. The van der Waals surface area contributed by atoms with Gasteiger partial charge in [0.05, 0.1) is 0 Å². The molecule has 0 spiro atoms. The lowest BCUT2D eigenvalue weighted by Gasteiger charge is -2.23. The molecule has 2 aromatic rings. The van der Waals surface area contributed by atoms with Crippen LogP contribution in [-0.2, 0) is 0 Å². The van der Waals surface area contributed by atoms with Gasteiger partial charge in [-0.05, 0) is 30.5 Å². The van der Waals surface area contributed by atoms with E-state index in [1.807, 2.05) is 0 Å². The van der Waals surface area contributed by atoms with Crippen molar-refractivity contribution < 1.29 is 0 Å². The van der Waals surface area contributed by atoms with Crippen LogP contribution in [0.3, 0.4) is 0 Å². The minimum absolute atomic E-state index is 0.320. The Balaban J connectivity index is 2.13. The number of halogens is 1. The molecule has 0 aliphatic rings. The second-order valence-electron chi connectivity index (χ2n) is 4.78. The van der Waals surface area contributed by atoms with Gasteiger partial charge in [-0.25, -0.2) is 0 Å². The van der Waals surface area contributed by atoms with Crippen molar-refractivity contribution in [3.63, 3.8) is 0 Å². The summed E-state index contributed by atoms with van der Waals surface area (Å²) in [6, 6.07) is 19.7. The summed E-state index contributed by atoms with van der Waals surface area (Å²) < 4.78 is 1.16. The van der Waals surface area contributed by atoms with Crippen LogP contribution in [0.4, 0.5) is 0 Å². The number of hydrogen-bond acceptors (Lipinski definition) is 1. The Bertz CT molecular complexity index is 510. The Morgan fingerprint density at radius 2 is 1.63 bits per heavy atom. The molecule has 0 aromatic heterocycles. The molecule has 2 atom stereocenters. The maximum atomic E-state index is 3.71. The predicted octanol–water partition coefficient (Wildman–Crippen LogP) is 5.25. The van der Waals surface area contributed by atoms with Gasteiger partial charge in [-0.3, -0.25) is 0 Å². The molecule has 0 fully saturated rings. The van der Waals surface area contributed by atoms with E-state index in [9.17, 15) is 0 Å². The van der Waals surface area contributed by atoms with Crippen LogP contribution < -0.4 is 5.32 Å². The van der Waals surface area contributed by atoms with Gasteiger partial charge in [0, 0.05) is 16.6 Å². The van der Waals surface area contributed by atoms with E-state index in [0.29, 0.717) is 12.1 Å². The second-order valence-corrected chi connectivity index (χ2v) is 5.64. The Hall–Kier alpha value is -1.12. The summed E-state index contributed by atoms with van der Waals surface area (Å²) in [5.41, 5.74) is 2.65. The second kappa shape index (κ2) is 6.88. The smallest absolute Gasteiger partial charge is 0.0323 e. The maximum Gasteiger partial charge on any atom is 0.0323 e. The summed E-state index contributed by atoms with van der Waals surface area (Å²) in [5.74, 6) is 0. The summed E-state index contributed by atoms with van der Waals surface area (Å²) >= 11 is 3.62. The van der Waals surface area contributed by atoms with Gasteiger partial charge in [-0.1, -0.05) is 71.4 Å². The van der Waals surface area contributed by atoms with Gasteiger partial charge in [0.1, 0.15) is 0 Å². The lowest BCUT2D eigenvalue weighted by atomic mass is 10.0. The van der Waals surface area contributed by atoms with Gasteiger partial charge in [-0.2, -0.15) is 0 Å². The predicted molar refractivity (Wildman–Crippen MR) is 85.2 cm³/mol. The quantitative estimate of drug-likeness (QED) is 0.794. The van der Waals surface area contributed by atoms with E-state index in [-0.39, 0.29) is 0 Å². The highest BCUT2D eigenvalue weighted by molar-refractivity contribution is 9.10. The summed E-state index contributed by atoms with van der Waals surface area (Å²) in [7, 11) is 0. The normalized spacial score (nSPS) is 14.1. The van der Waals surface area contributed by atoms with E-state index in [1.165, 1.54) is 11.1 Å². The van der Waals surface area contributed by atoms with Crippen molar-refractivity contribution in [1.82, 2.24) is 5.32 Å². The molecule has 0 aliphatic carbocycles. The summed E-state index contributed by atoms with van der Waals surface area (Å²) in [5, 5.41) is 3.71. The van der Waals surface area contributed by atoms with Gasteiger partial charge in [0.25, 0.3) is 0 Å². The molecule has 2 rings (SSSR count). The molecule has 0 aliphatic heterocycles. The van der Waals surface area contributed by atoms with Crippen molar-refractivity contribution in [3.8, 4) is 0 Å². The van der Waals surface area contributed by atoms with Crippen molar-refractivity contribution in [2.75, 3.05) is 0 Å². The average Bonchev–Trinajstić information content (AvgIpc) is 2.46. The van der Waals surface area contributed by atoms with Gasteiger partial charge < -0.3 is 5.32 Å². The van der Waals surface area contributed by atoms with Gasteiger partial charge in [0.15, 0.2) is 0 Å².